The summed E-state index contributed by atoms with van der Waals surface area (Å²) >= 11 is 3.13. The summed E-state index contributed by atoms with van der Waals surface area (Å²) in [6, 6.07) is 7.09. The second kappa shape index (κ2) is 4.45. The van der Waals surface area contributed by atoms with E-state index in [1.165, 1.54) is 0 Å². The van der Waals surface area contributed by atoms with E-state index < -0.39 is 7.12 Å². The average molecular weight is 227 g/mol. The number of halogens is 1. The standard InChI is InChI=1S/C8H8BBrO2/c10-6-5-7-3-1-2-4-8(7)9(11)12/h1-6,11-12H. The molecule has 0 saturated heterocycles. The molecule has 0 fully saturated rings. The fourth-order valence-corrected chi connectivity index (χ4v) is 1.25. The van der Waals surface area contributed by atoms with Gasteiger partial charge in [0.1, 0.15) is 0 Å². The molecule has 0 saturated carbocycles. The molecule has 0 unspecified atom stereocenters. The minimum absolute atomic E-state index is 0.508. The van der Waals surface area contributed by atoms with Gasteiger partial charge < -0.3 is 10.0 Å². The first kappa shape index (κ1) is 9.51. The van der Waals surface area contributed by atoms with Gasteiger partial charge in [-0.3, -0.25) is 0 Å². The molecule has 4 heteroatoms. The quantitative estimate of drug-likeness (QED) is 0.731. The third-order valence-electron chi connectivity index (χ3n) is 1.52. The van der Waals surface area contributed by atoms with E-state index in [1.54, 1.807) is 23.2 Å². The first-order chi connectivity index (χ1) is 5.75. The molecule has 0 aliphatic carbocycles. The Hall–Kier alpha value is -0.575. The van der Waals surface area contributed by atoms with Crippen molar-refractivity contribution in [3.05, 3.63) is 34.8 Å². The van der Waals surface area contributed by atoms with Gasteiger partial charge in [0.15, 0.2) is 0 Å². The zero-order valence-electron chi connectivity index (χ0n) is 6.31. The monoisotopic (exact) mass is 226 g/mol. The lowest BCUT2D eigenvalue weighted by Crippen LogP contribution is -2.31. The maximum absolute atomic E-state index is 8.94. The van der Waals surface area contributed by atoms with E-state index in [9.17, 15) is 0 Å². The molecule has 0 amide bonds. The number of rotatable bonds is 2. The van der Waals surface area contributed by atoms with E-state index in [2.05, 4.69) is 15.9 Å². The topological polar surface area (TPSA) is 40.5 Å². The van der Waals surface area contributed by atoms with Crippen molar-refractivity contribution >= 4 is 34.6 Å². The lowest BCUT2D eigenvalue weighted by atomic mass is 9.77. The molecular formula is C8H8BBrO2. The van der Waals surface area contributed by atoms with E-state index in [-0.39, 0.29) is 0 Å². The van der Waals surface area contributed by atoms with E-state index in [0.717, 1.165) is 5.56 Å². The molecule has 0 aromatic heterocycles. The average Bonchev–Trinajstić information content (AvgIpc) is 2.05. The van der Waals surface area contributed by atoms with Gasteiger partial charge in [0.2, 0.25) is 0 Å². The van der Waals surface area contributed by atoms with Gasteiger partial charge in [-0.1, -0.05) is 40.2 Å². The Kier molecular flexibility index (Phi) is 3.53. The van der Waals surface area contributed by atoms with E-state index in [0.29, 0.717) is 5.46 Å². The molecule has 1 rings (SSSR count). The lowest BCUT2D eigenvalue weighted by molar-refractivity contribution is 0.425. The van der Waals surface area contributed by atoms with Gasteiger partial charge in [0, 0.05) is 0 Å². The van der Waals surface area contributed by atoms with Crippen molar-refractivity contribution in [3.8, 4) is 0 Å². The van der Waals surface area contributed by atoms with Crippen LogP contribution in [-0.2, 0) is 0 Å². The van der Waals surface area contributed by atoms with E-state index >= 15 is 0 Å². The molecule has 2 nitrogen and oxygen atoms in total. The summed E-state index contributed by atoms with van der Waals surface area (Å²) in [4.78, 5) is 1.67. The van der Waals surface area contributed by atoms with Crippen LogP contribution in [0.4, 0.5) is 0 Å². The van der Waals surface area contributed by atoms with Crippen LogP contribution in [0.3, 0.4) is 0 Å². The fourth-order valence-electron chi connectivity index (χ4n) is 0.966. The Morgan fingerprint density at radius 3 is 2.50 bits per heavy atom. The van der Waals surface area contributed by atoms with Crippen molar-refractivity contribution in [3.63, 3.8) is 0 Å². The summed E-state index contributed by atoms with van der Waals surface area (Å²) in [7, 11) is -1.41. The normalized spacial score (nSPS) is 10.6. The summed E-state index contributed by atoms with van der Waals surface area (Å²) < 4.78 is 0. The maximum Gasteiger partial charge on any atom is 0.489 e. The Labute approximate surface area is 79.8 Å². The Bertz CT molecular complexity index is 286. The SMILES string of the molecule is OB(O)c1ccccc1C=CBr. The molecule has 0 bridgehead atoms. The van der Waals surface area contributed by atoms with Crippen LogP contribution in [0.15, 0.2) is 29.3 Å². The van der Waals surface area contributed by atoms with Gasteiger partial charge in [-0.25, -0.2) is 0 Å². The molecule has 0 radical (unpaired) electrons. The van der Waals surface area contributed by atoms with Crippen LogP contribution in [0.2, 0.25) is 0 Å². The zero-order chi connectivity index (χ0) is 8.97. The first-order valence-electron chi connectivity index (χ1n) is 3.47. The van der Waals surface area contributed by atoms with E-state index in [1.807, 2.05) is 12.1 Å². The predicted molar refractivity (Wildman–Crippen MR) is 54.2 cm³/mol. The molecule has 0 spiro atoms. The highest BCUT2D eigenvalue weighted by Gasteiger charge is 2.12. The van der Waals surface area contributed by atoms with Crippen molar-refractivity contribution in [1.82, 2.24) is 0 Å². The molecule has 62 valence electrons. The van der Waals surface area contributed by atoms with Crippen LogP contribution in [0.25, 0.3) is 6.08 Å². The molecule has 1 aromatic carbocycles. The van der Waals surface area contributed by atoms with Gasteiger partial charge in [-0.15, -0.1) is 0 Å². The Morgan fingerprint density at radius 2 is 1.92 bits per heavy atom. The zero-order valence-corrected chi connectivity index (χ0v) is 7.90. The van der Waals surface area contributed by atoms with Gasteiger partial charge in [0.25, 0.3) is 0 Å². The van der Waals surface area contributed by atoms with E-state index in [4.69, 9.17) is 10.0 Å². The number of benzene rings is 1. The second-order valence-electron chi connectivity index (χ2n) is 2.30. The maximum atomic E-state index is 8.94. The lowest BCUT2D eigenvalue weighted by Gasteiger charge is -2.02. The molecular weight excluding hydrogens is 219 g/mol. The summed E-state index contributed by atoms with van der Waals surface area (Å²) in [6.45, 7) is 0. The molecule has 12 heavy (non-hydrogen) atoms. The van der Waals surface area contributed by atoms with Gasteiger partial charge >= 0.3 is 7.12 Å². The van der Waals surface area contributed by atoms with Gasteiger partial charge in [-0.2, -0.15) is 0 Å². The molecule has 0 atom stereocenters. The van der Waals surface area contributed by atoms with Crippen LogP contribution in [0.5, 0.6) is 0 Å². The summed E-state index contributed by atoms with van der Waals surface area (Å²) in [5.74, 6) is 0. The summed E-state index contributed by atoms with van der Waals surface area (Å²) in [5, 5.41) is 17.9. The van der Waals surface area contributed by atoms with Crippen LogP contribution < -0.4 is 5.46 Å². The minimum atomic E-state index is -1.41. The van der Waals surface area contributed by atoms with Crippen molar-refractivity contribution in [2.75, 3.05) is 0 Å². The molecule has 0 heterocycles. The van der Waals surface area contributed by atoms with Crippen molar-refractivity contribution in [2.24, 2.45) is 0 Å². The predicted octanol–water partition coefficient (Wildman–Crippen LogP) is 0.732. The van der Waals surface area contributed by atoms with Crippen LogP contribution in [-0.4, -0.2) is 17.2 Å². The highest BCUT2D eigenvalue weighted by molar-refractivity contribution is 9.11. The highest BCUT2D eigenvalue weighted by atomic mass is 79.9. The van der Waals surface area contributed by atoms with Gasteiger partial charge in [0.05, 0.1) is 0 Å². The molecule has 2 N–H and O–H groups in total. The summed E-state index contributed by atoms with van der Waals surface area (Å²) in [6.07, 6.45) is 1.76. The Morgan fingerprint density at radius 1 is 1.25 bits per heavy atom. The summed E-state index contributed by atoms with van der Waals surface area (Å²) in [5.41, 5.74) is 1.30. The third kappa shape index (κ3) is 2.20. The minimum Gasteiger partial charge on any atom is -0.423 e. The largest absolute Gasteiger partial charge is 0.489 e. The van der Waals surface area contributed by atoms with Crippen LogP contribution in [0, 0.1) is 0 Å². The third-order valence-corrected chi connectivity index (χ3v) is 1.78. The van der Waals surface area contributed by atoms with Crippen molar-refractivity contribution in [2.45, 2.75) is 0 Å². The van der Waals surface area contributed by atoms with Crippen LogP contribution in [0.1, 0.15) is 5.56 Å². The fraction of sp³-hybridized carbons (Fsp3) is 0. The molecule has 0 aliphatic heterocycles. The van der Waals surface area contributed by atoms with Crippen molar-refractivity contribution in [1.29, 1.82) is 0 Å². The number of hydrogen-bond acceptors (Lipinski definition) is 2. The number of hydrogen-bond donors (Lipinski definition) is 2. The highest BCUT2D eigenvalue weighted by Crippen LogP contribution is 2.01. The first-order valence-corrected chi connectivity index (χ1v) is 4.39. The second-order valence-corrected chi connectivity index (χ2v) is 2.82. The van der Waals surface area contributed by atoms with Gasteiger partial charge in [-0.05, 0) is 22.1 Å². The molecule has 0 aliphatic rings. The van der Waals surface area contributed by atoms with Crippen molar-refractivity contribution < 1.29 is 10.0 Å². The Balaban J connectivity index is 3.08. The molecule has 1 aromatic rings. The smallest absolute Gasteiger partial charge is 0.423 e. The van der Waals surface area contributed by atoms with Crippen LogP contribution >= 0.6 is 15.9 Å².